The van der Waals surface area contributed by atoms with Gasteiger partial charge in [-0.05, 0) is 73.3 Å². The highest BCUT2D eigenvalue weighted by Crippen LogP contribution is 2.41. The second kappa shape index (κ2) is 10.4. The van der Waals surface area contributed by atoms with E-state index in [-0.39, 0.29) is 18.1 Å². The lowest BCUT2D eigenvalue weighted by atomic mass is 9.89. The van der Waals surface area contributed by atoms with Crippen LogP contribution in [0.1, 0.15) is 73.3 Å². The minimum atomic E-state index is -0.0659. The van der Waals surface area contributed by atoms with E-state index in [0.717, 1.165) is 31.2 Å². The summed E-state index contributed by atoms with van der Waals surface area (Å²) in [6, 6.07) is 8.60. The van der Waals surface area contributed by atoms with Gasteiger partial charge in [-0.1, -0.05) is 35.9 Å². The first kappa shape index (κ1) is 23.2. The molecule has 1 saturated heterocycles. The first-order valence-corrected chi connectivity index (χ1v) is 12.7. The van der Waals surface area contributed by atoms with Gasteiger partial charge in [0.1, 0.15) is 11.1 Å². The molecule has 0 bridgehead atoms. The van der Waals surface area contributed by atoms with E-state index in [1.165, 1.54) is 41.5 Å². The Labute approximate surface area is 206 Å². The third kappa shape index (κ3) is 4.93. The SMILES string of the molecule is COc1nc(O[C@H]2CCc3c(C4=CCCCC4)cccc32)c(Cl)cc1CNC[C@@H]1CCC(=O)N1. The van der Waals surface area contributed by atoms with Crippen LogP contribution in [0.15, 0.2) is 30.3 Å². The lowest BCUT2D eigenvalue weighted by Crippen LogP contribution is -2.35. The van der Waals surface area contributed by atoms with E-state index in [2.05, 4.69) is 39.9 Å². The molecule has 1 aromatic heterocycles. The number of ether oxygens (including phenoxy) is 2. The number of rotatable bonds is 8. The Morgan fingerprint density at radius 2 is 2.09 bits per heavy atom. The number of fused-ring (bicyclic) bond motifs is 1. The Hall–Kier alpha value is -2.57. The standard InChI is InChI=1S/C27H32ClN3O3/c1-33-26-18(15-29-16-19-10-13-25(32)30-19)14-23(28)27(31-26)34-24-12-11-21-20(8-5-9-22(21)24)17-6-3-2-4-7-17/h5-6,8-9,14,19,24,29H,2-4,7,10-13,15-16H2,1H3,(H,30,32)/t19-,24-/m0/s1. The number of aromatic nitrogens is 1. The summed E-state index contributed by atoms with van der Waals surface area (Å²) in [6.45, 7) is 1.25. The molecule has 6 nitrogen and oxygen atoms in total. The molecule has 34 heavy (non-hydrogen) atoms. The number of carbonyl (C=O) groups excluding carboxylic acids is 1. The monoisotopic (exact) mass is 481 g/mol. The van der Waals surface area contributed by atoms with Crippen molar-refractivity contribution in [1.29, 1.82) is 0 Å². The van der Waals surface area contributed by atoms with Crippen molar-refractivity contribution in [3.8, 4) is 11.8 Å². The molecule has 2 heterocycles. The Morgan fingerprint density at radius 3 is 2.85 bits per heavy atom. The molecule has 1 aromatic carbocycles. The number of amides is 1. The van der Waals surface area contributed by atoms with Crippen LogP contribution in [0.5, 0.6) is 11.8 Å². The maximum atomic E-state index is 11.4. The predicted molar refractivity (Wildman–Crippen MR) is 133 cm³/mol. The highest BCUT2D eigenvalue weighted by molar-refractivity contribution is 6.31. The molecule has 2 aliphatic carbocycles. The fourth-order valence-corrected chi connectivity index (χ4v) is 5.57. The molecule has 1 amide bonds. The van der Waals surface area contributed by atoms with E-state index in [4.69, 9.17) is 21.1 Å². The maximum Gasteiger partial charge on any atom is 0.236 e. The summed E-state index contributed by atoms with van der Waals surface area (Å²) in [6.07, 6.45) is 10.6. The molecule has 0 spiro atoms. The number of nitrogens with zero attached hydrogens (tertiary/aromatic N) is 1. The summed E-state index contributed by atoms with van der Waals surface area (Å²) in [5.74, 6) is 1.03. The average Bonchev–Trinajstić information content (AvgIpc) is 3.47. The number of hydrogen-bond acceptors (Lipinski definition) is 5. The molecular weight excluding hydrogens is 450 g/mol. The average molecular weight is 482 g/mol. The summed E-state index contributed by atoms with van der Waals surface area (Å²) in [7, 11) is 1.61. The topological polar surface area (TPSA) is 72.5 Å². The zero-order valence-corrected chi connectivity index (χ0v) is 20.4. The van der Waals surface area contributed by atoms with Crippen LogP contribution in [0.2, 0.25) is 5.02 Å². The van der Waals surface area contributed by atoms with E-state index < -0.39 is 0 Å². The van der Waals surface area contributed by atoms with Gasteiger partial charge >= 0.3 is 0 Å². The molecule has 5 rings (SSSR count). The van der Waals surface area contributed by atoms with Crippen LogP contribution >= 0.6 is 11.6 Å². The fraction of sp³-hybridized carbons (Fsp3) is 0.481. The molecule has 1 aliphatic heterocycles. The first-order valence-electron chi connectivity index (χ1n) is 12.3. The number of nitrogens with one attached hydrogen (secondary N) is 2. The summed E-state index contributed by atoms with van der Waals surface area (Å²) >= 11 is 6.61. The number of benzene rings is 1. The van der Waals surface area contributed by atoms with Gasteiger partial charge in [-0.15, -0.1) is 0 Å². The van der Waals surface area contributed by atoms with Crippen LogP contribution in [0.4, 0.5) is 0 Å². The Bertz CT molecular complexity index is 1100. The van der Waals surface area contributed by atoms with Crippen molar-refractivity contribution in [2.45, 2.75) is 70.1 Å². The summed E-state index contributed by atoms with van der Waals surface area (Å²) < 4.78 is 11.9. The number of halogens is 1. The van der Waals surface area contributed by atoms with Gasteiger partial charge in [0.25, 0.3) is 0 Å². The van der Waals surface area contributed by atoms with Gasteiger partial charge in [0.15, 0.2) is 0 Å². The smallest absolute Gasteiger partial charge is 0.236 e. The van der Waals surface area contributed by atoms with Crippen LogP contribution in [-0.4, -0.2) is 30.6 Å². The zero-order chi connectivity index (χ0) is 23.5. The highest BCUT2D eigenvalue weighted by Gasteiger charge is 2.29. The van der Waals surface area contributed by atoms with Crippen LogP contribution < -0.4 is 20.1 Å². The van der Waals surface area contributed by atoms with E-state index in [0.29, 0.717) is 36.3 Å². The van der Waals surface area contributed by atoms with Gasteiger partial charge in [-0.25, -0.2) is 0 Å². The normalized spacial score (nSPS) is 21.7. The molecule has 2 N–H and O–H groups in total. The Kier molecular flexibility index (Phi) is 7.07. The maximum absolute atomic E-state index is 11.4. The summed E-state index contributed by atoms with van der Waals surface area (Å²) in [4.78, 5) is 16.0. The minimum Gasteiger partial charge on any atom is -0.481 e. The van der Waals surface area contributed by atoms with E-state index >= 15 is 0 Å². The first-order chi connectivity index (χ1) is 16.6. The molecule has 0 radical (unpaired) electrons. The molecule has 7 heteroatoms. The van der Waals surface area contributed by atoms with Gasteiger partial charge < -0.3 is 20.1 Å². The number of methoxy groups -OCH3 is 1. The van der Waals surface area contributed by atoms with Crippen molar-refractivity contribution in [1.82, 2.24) is 15.6 Å². The Morgan fingerprint density at radius 1 is 1.18 bits per heavy atom. The molecule has 1 fully saturated rings. The van der Waals surface area contributed by atoms with Crippen molar-refractivity contribution < 1.29 is 14.3 Å². The third-order valence-electron chi connectivity index (χ3n) is 7.07. The van der Waals surface area contributed by atoms with Crippen molar-refractivity contribution in [2.75, 3.05) is 13.7 Å². The molecule has 0 saturated carbocycles. The second-order valence-corrected chi connectivity index (χ2v) is 9.78. The Balaban J connectivity index is 1.29. The fourth-order valence-electron chi connectivity index (χ4n) is 5.35. The number of hydrogen-bond donors (Lipinski definition) is 2. The van der Waals surface area contributed by atoms with Crippen LogP contribution in [0.3, 0.4) is 0 Å². The molecule has 180 valence electrons. The lowest BCUT2D eigenvalue weighted by Gasteiger charge is -2.19. The van der Waals surface area contributed by atoms with Crippen molar-refractivity contribution in [2.24, 2.45) is 0 Å². The van der Waals surface area contributed by atoms with Gasteiger partial charge in [0.2, 0.25) is 17.7 Å². The van der Waals surface area contributed by atoms with Gasteiger partial charge in [-0.3, -0.25) is 4.79 Å². The number of pyridine rings is 1. The zero-order valence-electron chi connectivity index (χ0n) is 19.7. The van der Waals surface area contributed by atoms with Crippen LogP contribution in [-0.2, 0) is 17.8 Å². The van der Waals surface area contributed by atoms with Crippen molar-refractivity contribution in [3.05, 3.63) is 57.6 Å². The molecule has 0 unspecified atom stereocenters. The highest BCUT2D eigenvalue weighted by atomic mass is 35.5. The minimum absolute atomic E-state index is 0.0659. The second-order valence-electron chi connectivity index (χ2n) is 9.37. The molecule has 3 aliphatic rings. The summed E-state index contributed by atoms with van der Waals surface area (Å²) in [5, 5.41) is 6.81. The predicted octanol–water partition coefficient (Wildman–Crippen LogP) is 5.14. The van der Waals surface area contributed by atoms with Crippen molar-refractivity contribution in [3.63, 3.8) is 0 Å². The van der Waals surface area contributed by atoms with Crippen LogP contribution in [0, 0.1) is 0 Å². The molecule has 2 aromatic rings. The van der Waals surface area contributed by atoms with Crippen LogP contribution in [0.25, 0.3) is 5.57 Å². The number of carbonyl (C=O) groups is 1. The van der Waals surface area contributed by atoms with E-state index in [1.807, 2.05) is 6.07 Å². The largest absolute Gasteiger partial charge is 0.481 e. The quantitative estimate of drug-likeness (QED) is 0.546. The molecular formula is C27H32ClN3O3. The molecule has 2 atom stereocenters. The van der Waals surface area contributed by atoms with Crippen molar-refractivity contribution >= 4 is 23.1 Å². The van der Waals surface area contributed by atoms with Gasteiger partial charge in [-0.2, -0.15) is 4.98 Å². The lowest BCUT2D eigenvalue weighted by molar-refractivity contribution is -0.119. The van der Waals surface area contributed by atoms with Gasteiger partial charge in [0.05, 0.1) is 7.11 Å². The number of allylic oxidation sites excluding steroid dienone is 2. The van der Waals surface area contributed by atoms with E-state index in [1.54, 1.807) is 7.11 Å². The summed E-state index contributed by atoms with van der Waals surface area (Å²) in [5.41, 5.74) is 6.38. The third-order valence-corrected chi connectivity index (χ3v) is 7.34. The van der Waals surface area contributed by atoms with Gasteiger partial charge in [0, 0.05) is 31.1 Å². The van der Waals surface area contributed by atoms with E-state index in [9.17, 15) is 4.79 Å².